The average molecular weight is 334 g/mol. The Hall–Kier alpha value is -2.64. The van der Waals surface area contributed by atoms with E-state index < -0.39 is 0 Å². The molecule has 8 nitrogen and oxygen atoms in total. The largest absolute Gasteiger partial charge is 0.506 e. The first kappa shape index (κ1) is 19.4. The van der Waals surface area contributed by atoms with Gasteiger partial charge in [0, 0.05) is 25.6 Å². The third kappa shape index (κ3) is 6.23. The summed E-state index contributed by atoms with van der Waals surface area (Å²) in [4.78, 5) is 23.1. The first-order valence-electron chi connectivity index (χ1n) is 8.00. The number of carbonyl (C=O) groups excluding carboxylic acids is 1. The molecule has 132 valence electrons. The third-order valence-electron chi connectivity index (χ3n) is 3.08. The fraction of sp³-hybridized carbons (Fsp3) is 0.500. The first-order chi connectivity index (χ1) is 11.4. The molecule has 1 unspecified atom stereocenters. The SMILES string of the molecule is CC(=O)NCC(C)Nc1nc(N)nc2cc(O)cnc12.CCCC. The molecule has 2 heterocycles. The number of aromatic hydroxyl groups is 1. The van der Waals surface area contributed by atoms with E-state index in [-0.39, 0.29) is 23.6 Å². The van der Waals surface area contributed by atoms with E-state index in [4.69, 9.17) is 5.73 Å². The highest BCUT2D eigenvalue weighted by atomic mass is 16.3. The van der Waals surface area contributed by atoms with Gasteiger partial charge in [-0.3, -0.25) is 4.79 Å². The van der Waals surface area contributed by atoms with Gasteiger partial charge in [-0.15, -0.1) is 0 Å². The number of nitrogen functional groups attached to an aromatic ring is 1. The van der Waals surface area contributed by atoms with Gasteiger partial charge in [0.25, 0.3) is 0 Å². The maximum Gasteiger partial charge on any atom is 0.222 e. The highest BCUT2D eigenvalue weighted by Gasteiger charge is 2.11. The molecule has 2 aromatic rings. The summed E-state index contributed by atoms with van der Waals surface area (Å²) in [6.45, 7) is 8.15. The second-order valence-corrected chi connectivity index (χ2v) is 5.47. The van der Waals surface area contributed by atoms with Gasteiger partial charge >= 0.3 is 0 Å². The summed E-state index contributed by atoms with van der Waals surface area (Å²) in [5, 5.41) is 15.2. The van der Waals surface area contributed by atoms with E-state index in [1.165, 1.54) is 32.0 Å². The lowest BCUT2D eigenvalue weighted by Gasteiger charge is -2.15. The lowest BCUT2D eigenvalue weighted by Crippen LogP contribution is -2.33. The fourth-order valence-corrected chi connectivity index (χ4v) is 1.71. The number of unbranched alkanes of at least 4 members (excludes halogenated alkanes) is 1. The number of hydrogen-bond acceptors (Lipinski definition) is 7. The van der Waals surface area contributed by atoms with Gasteiger partial charge in [0.05, 0.1) is 6.20 Å². The Bertz CT molecular complexity index is 670. The predicted octanol–water partition coefficient (Wildman–Crippen LogP) is 2.06. The quantitative estimate of drug-likeness (QED) is 0.659. The van der Waals surface area contributed by atoms with Crippen LogP contribution in [0.1, 0.15) is 40.5 Å². The van der Waals surface area contributed by atoms with Crippen molar-refractivity contribution in [3.8, 4) is 5.75 Å². The van der Waals surface area contributed by atoms with Gasteiger partial charge in [0.15, 0.2) is 5.82 Å². The molecule has 0 bridgehead atoms. The number of nitrogens with zero attached hydrogens (tertiary/aromatic N) is 3. The number of aromatic nitrogens is 3. The molecule has 0 fully saturated rings. The molecule has 0 aliphatic rings. The molecule has 0 radical (unpaired) electrons. The number of hydrogen-bond donors (Lipinski definition) is 4. The van der Waals surface area contributed by atoms with Crippen LogP contribution in [-0.4, -0.2) is 38.6 Å². The number of pyridine rings is 1. The van der Waals surface area contributed by atoms with Crippen LogP contribution in [0.3, 0.4) is 0 Å². The van der Waals surface area contributed by atoms with Gasteiger partial charge in [-0.05, 0) is 6.92 Å². The molecular weight excluding hydrogens is 308 g/mol. The number of anilines is 2. The lowest BCUT2D eigenvalue weighted by molar-refractivity contribution is -0.118. The lowest BCUT2D eigenvalue weighted by atomic mass is 10.3. The van der Waals surface area contributed by atoms with Crippen molar-refractivity contribution in [3.63, 3.8) is 0 Å². The van der Waals surface area contributed by atoms with Crippen molar-refractivity contribution in [2.24, 2.45) is 0 Å². The second kappa shape index (κ2) is 9.49. The average Bonchev–Trinajstić information content (AvgIpc) is 2.52. The number of rotatable bonds is 5. The monoisotopic (exact) mass is 334 g/mol. The molecule has 8 heteroatoms. The van der Waals surface area contributed by atoms with Crippen LogP contribution in [0.5, 0.6) is 5.75 Å². The smallest absolute Gasteiger partial charge is 0.222 e. The van der Waals surface area contributed by atoms with Gasteiger partial charge in [0.1, 0.15) is 16.8 Å². The van der Waals surface area contributed by atoms with Crippen molar-refractivity contribution in [1.29, 1.82) is 0 Å². The van der Waals surface area contributed by atoms with Crippen LogP contribution in [-0.2, 0) is 4.79 Å². The summed E-state index contributed by atoms with van der Waals surface area (Å²) in [5.74, 6) is 0.450. The summed E-state index contributed by atoms with van der Waals surface area (Å²) in [6, 6.07) is 1.40. The summed E-state index contributed by atoms with van der Waals surface area (Å²) in [6.07, 6.45) is 3.95. The molecule has 24 heavy (non-hydrogen) atoms. The standard InChI is InChI=1S/C12H16N6O2.C4H10/c1-6(4-14-7(2)19)16-11-10-9(17-12(13)18-11)3-8(20)5-15-10;1-3-4-2/h3,5-6,20H,4H2,1-2H3,(H,14,19)(H3,13,16,17,18);3-4H2,1-2H3. The van der Waals surface area contributed by atoms with E-state index in [9.17, 15) is 9.90 Å². The maximum absolute atomic E-state index is 10.9. The van der Waals surface area contributed by atoms with Crippen molar-refractivity contribution < 1.29 is 9.90 Å². The molecule has 0 saturated carbocycles. The van der Waals surface area contributed by atoms with E-state index in [1.807, 2.05) is 6.92 Å². The molecular formula is C16H26N6O2. The first-order valence-corrected chi connectivity index (χ1v) is 8.00. The summed E-state index contributed by atoms with van der Waals surface area (Å²) >= 11 is 0. The number of carbonyl (C=O) groups is 1. The van der Waals surface area contributed by atoms with Crippen LogP contribution in [0.15, 0.2) is 12.3 Å². The summed E-state index contributed by atoms with van der Waals surface area (Å²) in [5.41, 5.74) is 6.59. The Morgan fingerprint density at radius 2 is 2.00 bits per heavy atom. The highest BCUT2D eigenvalue weighted by Crippen LogP contribution is 2.22. The van der Waals surface area contributed by atoms with Crippen LogP contribution < -0.4 is 16.4 Å². The third-order valence-corrected chi connectivity index (χ3v) is 3.08. The molecule has 0 aliphatic carbocycles. The van der Waals surface area contributed by atoms with Crippen molar-refractivity contribution in [2.45, 2.75) is 46.6 Å². The second-order valence-electron chi connectivity index (χ2n) is 5.47. The van der Waals surface area contributed by atoms with Gasteiger partial charge < -0.3 is 21.5 Å². The van der Waals surface area contributed by atoms with Crippen LogP contribution >= 0.6 is 0 Å². The molecule has 0 aromatic carbocycles. The van der Waals surface area contributed by atoms with Crippen molar-refractivity contribution in [2.75, 3.05) is 17.6 Å². The number of nitrogens with two attached hydrogens (primary N) is 1. The van der Waals surface area contributed by atoms with Gasteiger partial charge in [-0.2, -0.15) is 4.98 Å². The van der Waals surface area contributed by atoms with Crippen LogP contribution in [0.25, 0.3) is 11.0 Å². The molecule has 2 aromatic heterocycles. The van der Waals surface area contributed by atoms with E-state index in [0.717, 1.165) is 0 Å². The molecule has 0 aliphatic heterocycles. The normalized spacial score (nSPS) is 11.3. The molecule has 5 N–H and O–H groups in total. The van der Waals surface area contributed by atoms with Crippen LogP contribution in [0, 0.1) is 0 Å². The predicted molar refractivity (Wildman–Crippen MR) is 95.8 cm³/mol. The molecule has 0 spiro atoms. The Morgan fingerprint density at radius 1 is 1.33 bits per heavy atom. The van der Waals surface area contributed by atoms with Crippen molar-refractivity contribution in [3.05, 3.63) is 12.3 Å². The number of amides is 1. The molecule has 0 saturated heterocycles. The van der Waals surface area contributed by atoms with Crippen molar-refractivity contribution in [1.82, 2.24) is 20.3 Å². The maximum atomic E-state index is 10.9. The number of nitrogens with one attached hydrogen (secondary N) is 2. The zero-order chi connectivity index (χ0) is 18.1. The van der Waals surface area contributed by atoms with E-state index in [1.54, 1.807) is 0 Å². The Labute approximate surface area is 141 Å². The van der Waals surface area contributed by atoms with Crippen molar-refractivity contribution >= 4 is 28.7 Å². The number of fused-ring (bicyclic) bond motifs is 1. The zero-order valence-corrected chi connectivity index (χ0v) is 14.6. The van der Waals surface area contributed by atoms with Gasteiger partial charge in [0.2, 0.25) is 11.9 Å². The fourth-order valence-electron chi connectivity index (χ4n) is 1.71. The Balaban J connectivity index is 0.000000648. The topological polar surface area (TPSA) is 126 Å². The van der Waals surface area contributed by atoms with E-state index in [0.29, 0.717) is 23.4 Å². The van der Waals surface area contributed by atoms with Crippen LogP contribution in [0.2, 0.25) is 0 Å². The Kier molecular flexibility index (Phi) is 7.67. The van der Waals surface area contributed by atoms with E-state index >= 15 is 0 Å². The Morgan fingerprint density at radius 3 is 2.58 bits per heavy atom. The minimum Gasteiger partial charge on any atom is -0.506 e. The van der Waals surface area contributed by atoms with Gasteiger partial charge in [-0.25, -0.2) is 9.97 Å². The molecule has 1 amide bonds. The molecule has 2 rings (SSSR count). The summed E-state index contributed by atoms with van der Waals surface area (Å²) < 4.78 is 0. The minimum atomic E-state index is -0.103. The van der Waals surface area contributed by atoms with Crippen LogP contribution in [0.4, 0.5) is 11.8 Å². The highest BCUT2D eigenvalue weighted by molar-refractivity contribution is 5.86. The van der Waals surface area contributed by atoms with E-state index in [2.05, 4.69) is 39.4 Å². The minimum absolute atomic E-state index is 0.00726. The molecule has 1 atom stereocenters. The van der Waals surface area contributed by atoms with Gasteiger partial charge in [-0.1, -0.05) is 26.7 Å². The zero-order valence-electron chi connectivity index (χ0n) is 14.6. The summed E-state index contributed by atoms with van der Waals surface area (Å²) in [7, 11) is 0.